The third-order valence-electron chi connectivity index (χ3n) is 3.24. The number of sulfonamides is 1. The van der Waals surface area contributed by atoms with Crippen molar-refractivity contribution in [1.29, 1.82) is 0 Å². The van der Waals surface area contributed by atoms with Crippen LogP contribution in [0.4, 0.5) is 13.2 Å². The van der Waals surface area contributed by atoms with Gasteiger partial charge in [-0.05, 0) is 24.6 Å². The predicted octanol–water partition coefficient (Wildman–Crippen LogP) is 4.26. The molecular weight excluding hydrogens is 339 g/mol. The molecule has 0 bridgehead atoms. The Kier molecular flexibility index (Phi) is 5.33. The first-order valence-corrected chi connectivity index (χ1v) is 8.51. The lowest BCUT2D eigenvalue weighted by Crippen LogP contribution is -2.26. The third kappa shape index (κ3) is 4.86. The molecule has 0 aliphatic rings. The van der Waals surface area contributed by atoms with Gasteiger partial charge in [-0.15, -0.1) is 0 Å². The Hall–Kier alpha value is -2.28. The smallest absolute Gasteiger partial charge is 0.269 e. The van der Waals surface area contributed by atoms with E-state index >= 15 is 0 Å². The van der Waals surface area contributed by atoms with Gasteiger partial charge in [-0.3, -0.25) is 4.31 Å². The number of halogens is 3. The molecule has 0 atom stereocenters. The highest BCUT2D eigenvalue weighted by molar-refractivity contribution is 7.89. The molecule has 0 aliphatic carbocycles. The number of nitrogens with zero attached hydrogens (tertiary/aromatic N) is 1. The molecule has 0 amide bonds. The van der Waals surface area contributed by atoms with Crippen LogP contribution in [0.1, 0.15) is 11.1 Å². The fraction of sp³-hybridized carbons (Fsp3) is 0.176. The first kappa shape index (κ1) is 18.1. The summed E-state index contributed by atoms with van der Waals surface area (Å²) in [6.45, 7) is 1.60. The number of allylic oxidation sites excluding steroid dienone is 1. The van der Waals surface area contributed by atoms with Gasteiger partial charge >= 0.3 is 6.18 Å². The van der Waals surface area contributed by atoms with E-state index in [0.717, 1.165) is 5.56 Å². The molecule has 0 saturated carbocycles. The molecule has 0 fully saturated rings. The molecule has 2 aromatic rings. The van der Waals surface area contributed by atoms with E-state index in [1.807, 2.05) is 0 Å². The van der Waals surface area contributed by atoms with Gasteiger partial charge in [-0.1, -0.05) is 48.0 Å². The van der Waals surface area contributed by atoms with Crippen molar-refractivity contribution in [2.75, 3.05) is 0 Å². The number of hydrogen-bond donors (Lipinski definition) is 0. The Morgan fingerprint density at radius 1 is 1.00 bits per heavy atom. The van der Waals surface area contributed by atoms with Crippen molar-refractivity contribution in [2.45, 2.75) is 24.5 Å². The minimum atomic E-state index is -4.60. The Balaban J connectivity index is 2.40. The van der Waals surface area contributed by atoms with E-state index in [0.29, 0.717) is 16.1 Å². The van der Waals surface area contributed by atoms with Crippen molar-refractivity contribution in [2.24, 2.45) is 0 Å². The molecule has 0 heterocycles. The Morgan fingerprint density at radius 3 is 2.12 bits per heavy atom. The maximum Gasteiger partial charge on any atom is 0.411 e. The highest BCUT2D eigenvalue weighted by atomic mass is 32.2. The van der Waals surface area contributed by atoms with Gasteiger partial charge in [-0.2, -0.15) is 13.2 Å². The number of alkyl halides is 3. The molecule has 0 N–H and O–H groups in total. The Labute approximate surface area is 139 Å². The summed E-state index contributed by atoms with van der Waals surface area (Å²) in [5.74, 6) is 0. The fourth-order valence-corrected chi connectivity index (χ4v) is 3.29. The average molecular weight is 355 g/mol. The number of hydrogen-bond acceptors (Lipinski definition) is 2. The summed E-state index contributed by atoms with van der Waals surface area (Å²) >= 11 is 0. The second-order valence-corrected chi connectivity index (χ2v) is 7.10. The van der Waals surface area contributed by atoms with Crippen molar-refractivity contribution in [3.8, 4) is 0 Å². The molecule has 0 spiro atoms. The van der Waals surface area contributed by atoms with Gasteiger partial charge in [-0.25, -0.2) is 8.42 Å². The third-order valence-corrected chi connectivity index (χ3v) is 4.97. The van der Waals surface area contributed by atoms with E-state index in [-0.39, 0.29) is 17.5 Å². The topological polar surface area (TPSA) is 37.4 Å². The summed E-state index contributed by atoms with van der Waals surface area (Å²) in [7, 11) is -4.09. The van der Waals surface area contributed by atoms with Gasteiger partial charge in [0.2, 0.25) is 0 Å². The van der Waals surface area contributed by atoms with Crippen LogP contribution in [0.15, 0.2) is 71.8 Å². The summed E-state index contributed by atoms with van der Waals surface area (Å²) in [4.78, 5) is -0.0594. The zero-order valence-corrected chi connectivity index (χ0v) is 13.7. The number of aryl methyl sites for hydroxylation is 1. The molecule has 3 nitrogen and oxygen atoms in total. The highest BCUT2D eigenvalue weighted by Gasteiger charge is 2.26. The molecule has 0 aromatic heterocycles. The maximum atomic E-state index is 12.7. The molecule has 0 aliphatic heterocycles. The van der Waals surface area contributed by atoms with E-state index in [9.17, 15) is 21.6 Å². The van der Waals surface area contributed by atoms with Gasteiger partial charge in [0.25, 0.3) is 10.0 Å². The molecule has 2 rings (SSSR count). The van der Waals surface area contributed by atoms with E-state index in [1.165, 1.54) is 12.1 Å². The molecule has 0 radical (unpaired) electrons. The SMILES string of the molecule is Cc1ccc(S(=O)(=O)N(/C=C\C(F)(F)F)Cc2ccccc2)cc1. The fourth-order valence-electron chi connectivity index (χ4n) is 1.99. The second kappa shape index (κ2) is 7.09. The molecule has 2 aromatic carbocycles. The van der Waals surface area contributed by atoms with Crippen molar-refractivity contribution >= 4 is 10.0 Å². The van der Waals surface area contributed by atoms with Crippen LogP contribution in [0.2, 0.25) is 0 Å². The summed E-state index contributed by atoms with van der Waals surface area (Å²) in [6.07, 6.45) is -4.12. The van der Waals surface area contributed by atoms with Crippen LogP contribution in [0.5, 0.6) is 0 Å². The average Bonchev–Trinajstić information content (AvgIpc) is 2.52. The zero-order valence-electron chi connectivity index (χ0n) is 12.9. The molecule has 0 unspecified atom stereocenters. The van der Waals surface area contributed by atoms with Crippen LogP contribution >= 0.6 is 0 Å². The summed E-state index contributed by atoms with van der Waals surface area (Å²) in [6, 6.07) is 14.4. The second-order valence-electron chi connectivity index (χ2n) is 5.21. The van der Waals surface area contributed by atoms with Gasteiger partial charge in [0.05, 0.1) is 11.4 Å². The zero-order chi connectivity index (χ0) is 17.8. The van der Waals surface area contributed by atoms with Crippen molar-refractivity contribution < 1.29 is 21.6 Å². The van der Waals surface area contributed by atoms with Crippen molar-refractivity contribution in [3.05, 3.63) is 78.0 Å². The molecule has 0 saturated heterocycles. The lowest BCUT2D eigenvalue weighted by Gasteiger charge is -2.21. The maximum absolute atomic E-state index is 12.7. The summed E-state index contributed by atoms with van der Waals surface area (Å²) in [5, 5.41) is 0. The molecule has 128 valence electrons. The van der Waals surface area contributed by atoms with Crippen LogP contribution in [0, 0.1) is 6.92 Å². The van der Waals surface area contributed by atoms with E-state index in [4.69, 9.17) is 0 Å². The van der Waals surface area contributed by atoms with Gasteiger partial charge in [0.1, 0.15) is 0 Å². The van der Waals surface area contributed by atoms with E-state index in [1.54, 1.807) is 49.4 Å². The first-order valence-electron chi connectivity index (χ1n) is 7.07. The Bertz CT molecular complexity index is 798. The quantitative estimate of drug-likeness (QED) is 0.804. The van der Waals surface area contributed by atoms with Gasteiger partial charge in [0.15, 0.2) is 0 Å². The van der Waals surface area contributed by atoms with Gasteiger partial charge in [0, 0.05) is 12.3 Å². The minimum absolute atomic E-state index is 0.0594. The molecule has 24 heavy (non-hydrogen) atoms. The Morgan fingerprint density at radius 2 is 1.58 bits per heavy atom. The molecular formula is C17H16F3NO2S. The lowest BCUT2D eigenvalue weighted by molar-refractivity contribution is -0.0804. The minimum Gasteiger partial charge on any atom is -0.269 e. The van der Waals surface area contributed by atoms with Crippen molar-refractivity contribution in [3.63, 3.8) is 0 Å². The van der Waals surface area contributed by atoms with Gasteiger partial charge < -0.3 is 0 Å². The van der Waals surface area contributed by atoms with Crippen LogP contribution in [-0.2, 0) is 16.6 Å². The van der Waals surface area contributed by atoms with Crippen LogP contribution < -0.4 is 0 Å². The van der Waals surface area contributed by atoms with Crippen LogP contribution in [0.25, 0.3) is 0 Å². The molecule has 7 heteroatoms. The number of benzene rings is 2. The lowest BCUT2D eigenvalue weighted by atomic mass is 10.2. The standard InChI is InChI=1S/C17H16F3NO2S/c1-14-7-9-16(10-8-14)24(22,23)21(12-11-17(18,19)20)13-15-5-3-2-4-6-15/h2-12H,13H2,1H3/b12-11-. The monoisotopic (exact) mass is 355 g/mol. The summed E-state index contributed by atoms with van der Waals surface area (Å²) in [5.41, 5.74) is 1.44. The summed E-state index contributed by atoms with van der Waals surface area (Å²) < 4.78 is 63.5. The van der Waals surface area contributed by atoms with E-state index in [2.05, 4.69) is 0 Å². The van der Waals surface area contributed by atoms with Crippen LogP contribution in [0.3, 0.4) is 0 Å². The van der Waals surface area contributed by atoms with Crippen molar-refractivity contribution in [1.82, 2.24) is 4.31 Å². The highest BCUT2D eigenvalue weighted by Crippen LogP contribution is 2.22. The first-order chi connectivity index (χ1) is 11.2. The van der Waals surface area contributed by atoms with Crippen LogP contribution in [-0.4, -0.2) is 18.9 Å². The largest absolute Gasteiger partial charge is 0.411 e. The number of rotatable bonds is 5. The predicted molar refractivity (Wildman–Crippen MR) is 85.5 cm³/mol. The normalized spacial score (nSPS) is 12.5. The van der Waals surface area contributed by atoms with E-state index < -0.39 is 16.2 Å².